The van der Waals surface area contributed by atoms with Crippen molar-refractivity contribution in [2.24, 2.45) is 0 Å². The minimum absolute atomic E-state index is 0.0196. The molecular weight excluding hydrogens is 253 g/mol. The highest BCUT2D eigenvalue weighted by molar-refractivity contribution is 6.31. The fourth-order valence-electron chi connectivity index (χ4n) is 1.45. The molecular formula is C13H9ClFN3. The molecule has 1 aromatic carbocycles. The van der Waals surface area contributed by atoms with Crippen LogP contribution in [0.4, 0.5) is 15.9 Å². The first-order chi connectivity index (χ1) is 8.60. The first kappa shape index (κ1) is 12.3. The zero-order valence-corrected chi connectivity index (χ0v) is 10.3. The van der Waals surface area contributed by atoms with Gasteiger partial charge in [-0.3, -0.25) is 0 Å². The Morgan fingerprint density at radius 2 is 2.11 bits per heavy atom. The number of aryl methyl sites for hydroxylation is 1. The lowest BCUT2D eigenvalue weighted by molar-refractivity contribution is 0.628. The third-order valence-corrected chi connectivity index (χ3v) is 2.63. The van der Waals surface area contributed by atoms with Crippen molar-refractivity contribution >= 4 is 23.1 Å². The highest BCUT2D eigenvalue weighted by Gasteiger charge is 2.06. The van der Waals surface area contributed by atoms with E-state index in [1.165, 1.54) is 18.2 Å². The van der Waals surface area contributed by atoms with Crippen molar-refractivity contribution in [1.29, 1.82) is 5.26 Å². The van der Waals surface area contributed by atoms with Gasteiger partial charge in [-0.1, -0.05) is 11.6 Å². The molecule has 0 atom stereocenters. The zero-order valence-electron chi connectivity index (χ0n) is 9.54. The molecule has 1 N–H and O–H groups in total. The van der Waals surface area contributed by atoms with E-state index in [1.807, 2.05) is 13.0 Å². The molecule has 90 valence electrons. The summed E-state index contributed by atoms with van der Waals surface area (Å²) < 4.78 is 13.0. The van der Waals surface area contributed by atoms with Gasteiger partial charge in [0.1, 0.15) is 17.7 Å². The van der Waals surface area contributed by atoms with Gasteiger partial charge in [-0.15, -0.1) is 0 Å². The molecule has 1 heterocycles. The van der Waals surface area contributed by atoms with E-state index in [9.17, 15) is 4.39 Å². The van der Waals surface area contributed by atoms with E-state index in [2.05, 4.69) is 10.3 Å². The molecule has 3 nitrogen and oxygen atoms in total. The number of halogens is 2. The van der Waals surface area contributed by atoms with Crippen molar-refractivity contribution < 1.29 is 4.39 Å². The number of benzene rings is 1. The Bertz CT molecular complexity index is 635. The summed E-state index contributed by atoms with van der Waals surface area (Å²) in [5.74, 6) is -0.0555. The van der Waals surface area contributed by atoms with Gasteiger partial charge in [0, 0.05) is 11.4 Å². The third-order valence-electron chi connectivity index (χ3n) is 2.34. The molecule has 1 aromatic heterocycles. The number of nitrogens with one attached hydrogen (secondary N) is 1. The second-order valence-electron chi connectivity index (χ2n) is 3.71. The molecule has 0 unspecified atom stereocenters. The average molecular weight is 262 g/mol. The fraction of sp³-hybridized carbons (Fsp3) is 0.0769. The second-order valence-corrected chi connectivity index (χ2v) is 4.12. The lowest BCUT2D eigenvalue weighted by atomic mass is 10.2. The first-order valence-corrected chi connectivity index (χ1v) is 5.58. The zero-order chi connectivity index (χ0) is 13.1. The van der Waals surface area contributed by atoms with Crippen LogP contribution in [0.3, 0.4) is 0 Å². The van der Waals surface area contributed by atoms with E-state index < -0.39 is 5.82 Å². The number of rotatable bonds is 2. The van der Waals surface area contributed by atoms with Crippen molar-refractivity contribution in [3.05, 3.63) is 52.4 Å². The molecule has 2 rings (SSSR count). The van der Waals surface area contributed by atoms with Crippen LogP contribution in [0.15, 0.2) is 30.3 Å². The molecule has 0 fully saturated rings. The Morgan fingerprint density at radius 3 is 2.78 bits per heavy atom. The predicted molar refractivity (Wildman–Crippen MR) is 68.4 cm³/mol. The number of hydrogen-bond acceptors (Lipinski definition) is 3. The Kier molecular flexibility index (Phi) is 3.45. The number of nitriles is 1. The maximum Gasteiger partial charge on any atom is 0.148 e. The van der Waals surface area contributed by atoms with Crippen molar-refractivity contribution in [2.45, 2.75) is 6.92 Å². The SMILES string of the molecule is Cc1ccc(C#N)c(Nc2ccc(F)c(Cl)c2)n1. The van der Waals surface area contributed by atoms with E-state index >= 15 is 0 Å². The smallest absolute Gasteiger partial charge is 0.148 e. The monoisotopic (exact) mass is 261 g/mol. The minimum atomic E-state index is -0.486. The molecule has 18 heavy (non-hydrogen) atoms. The van der Waals surface area contributed by atoms with Crippen LogP contribution >= 0.6 is 11.6 Å². The summed E-state index contributed by atoms with van der Waals surface area (Å²) in [5, 5.41) is 11.9. The van der Waals surface area contributed by atoms with Gasteiger partial charge < -0.3 is 5.32 Å². The summed E-state index contributed by atoms with van der Waals surface area (Å²) in [6, 6.07) is 9.70. The highest BCUT2D eigenvalue weighted by Crippen LogP contribution is 2.23. The largest absolute Gasteiger partial charge is 0.339 e. The summed E-state index contributed by atoms with van der Waals surface area (Å²) in [4.78, 5) is 4.22. The highest BCUT2D eigenvalue weighted by atomic mass is 35.5. The Morgan fingerprint density at radius 1 is 1.33 bits per heavy atom. The van der Waals surface area contributed by atoms with Gasteiger partial charge in [-0.2, -0.15) is 5.26 Å². The van der Waals surface area contributed by atoms with Crippen LogP contribution in [-0.4, -0.2) is 4.98 Å². The molecule has 5 heteroatoms. The Balaban J connectivity index is 2.36. The molecule has 0 radical (unpaired) electrons. The third kappa shape index (κ3) is 2.58. The molecule has 0 aliphatic carbocycles. The topological polar surface area (TPSA) is 48.7 Å². The molecule has 2 aromatic rings. The maximum absolute atomic E-state index is 13.0. The maximum atomic E-state index is 13.0. The van der Waals surface area contributed by atoms with Crippen molar-refractivity contribution in [3.63, 3.8) is 0 Å². The van der Waals surface area contributed by atoms with Gasteiger partial charge in [0.15, 0.2) is 0 Å². The van der Waals surface area contributed by atoms with Crippen LogP contribution in [-0.2, 0) is 0 Å². The quantitative estimate of drug-likeness (QED) is 0.895. The van der Waals surface area contributed by atoms with E-state index in [0.29, 0.717) is 17.1 Å². The molecule has 0 aliphatic heterocycles. The molecule has 0 saturated heterocycles. The summed E-state index contributed by atoms with van der Waals surface area (Å²) in [7, 11) is 0. The van der Waals surface area contributed by atoms with Crippen LogP contribution < -0.4 is 5.32 Å². The fourth-order valence-corrected chi connectivity index (χ4v) is 1.63. The van der Waals surface area contributed by atoms with Crippen LogP contribution in [0, 0.1) is 24.1 Å². The molecule has 0 spiro atoms. The summed E-state index contributed by atoms with van der Waals surface area (Å²) in [6.07, 6.45) is 0. The minimum Gasteiger partial charge on any atom is -0.339 e. The number of nitrogens with zero attached hydrogens (tertiary/aromatic N) is 2. The summed E-state index contributed by atoms with van der Waals surface area (Å²) in [6.45, 7) is 1.82. The Hall–Kier alpha value is -2.12. The van der Waals surface area contributed by atoms with Gasteiger partial charge in [-0.25, -0.2) is 9.37 Å². The number of anilines is 2. The number of aromatic nitrogens is 1. The van der Waals surface area contributed by atoms with Crippen molar-refractivity contribution in [3.8, 4) is 6.07 Å². The lowest BCUT2D eigenvalue weighted by Gasteiger charge is -2.08. The van der Waals surface area contributed by atoms with E-state index in [1.54, 1.807) is 12.1 Å². The van der Waals surface area contributed by atoms with Gasteiger partial charge in [0.2, 0.25) is 0 Å². The standard InChI is InChI=1S/C13H9ClFN3/c1-8-2-3-9(7-16)13(17-8)18-10-4-5-12(15)11(14)6-10/h2-6H,1H3,(H,17,18). The summed E-state index contributed by atoms with van der Waals surface area (Å²) >= 11 is 5.68. The van der Waals surface area contributed by atoms with Crippen molar-refractivity contribution in [2.75, 3.05) is 5.32 Å². The average Bonchev–Trinajstić information content (AvgIpc) is 2.34. The second kappa shape index (κ2) is 5.03. The van der Waals surface area contributed by atoms with E-state index in [-0.39, 0.29) is 5.02 Å². The van der Waals surface area contributed by atoms with Crippen LogP contribution in [0.1, 0.15) is 11.3 Å². The lowest BCUT2D eigenvalue weighted by Crippen LogP contribution is -1.98. The molecule has 0 aliphatic rings. The first-order valence-electron chi connectivity index (χ1n) is 5.20. The molecule has 0 amide bonds. The van der Waals surface area contributed by atoms with Gasteiger partial charge in [0.05, 0.1) is 10.6 Å². The molecule has 0 saturated carbocycles. The van der Waals surface area contributed by atoms with Gasteiger partial charge in [-0.05, 0) is 37.3 Å². The number of hydrogen-bond donors (Lipinski definition) is 1. The Labute approximate surface area is 109 Å². The predicted octanol–water partition coefficient (Wildman–Crippen LogP) is 3.80. The van der Waals surface area contributed by atoms with Crippen LogP contribution in [0.25, 0.3) is 0 Å². The molecule has 0 bridgehead atoms. The van der Waals surface area contributed by atoms with E-state index in [0.717, 1.165) is 5.69 Å². The van der Waals surface area contributed by atoms with Crippen molar-refractivity contribution in [1.82, 2.24) is 4.98 Å². The van der Waals surface area contributed by atoms with Gasteiger partial charge in [0.25, 0.3) is 0 Å². The number of pyridine rings is 1. The van der Waals surface area contributed by atoms with Crippen LogP contribution in [0.5, 0.6) is 0 Å². The normalized spacial score (nSPS) is 9.89. The van der Waals surface area contributed by atoms with Gasteiger partial charge >= 0.3 is 0 Å². The van der Waals surface area contributed by atoms with Crippen LogP contribution in [0.2, 0.25) is 5.02 Å². The van der Waals surface area contributed by atoms with E-state index in [4.69, 9.17) is 16.9 Å². The summed E-state index contributed by atoms with van der Waals surface area (Å²) in [5.41, 5.74) is 1.78.